The Balaban J connectivity index is 1.38. The highest BCUT2D eigenvalue weighted by molar-refractivity contribution is 5.95. The van der Waals surface area contributed by atoms with E-state index in [1.54, 1.807) is 17.4 Å². The van der Waals surface area contributed by atoms with Gasteiger partial charge in [0.1, 0.15) is 6.04 Å². The maximum absolute atomic E-state index is 14.4. The lowest BCUT2D eigenvalue weighted by Crippen LogP contribution is -2.56. The number of nitrogens with one attached hydrogen (secondary N) is 1. The van der Waals surface area contributed by atoms with Crippen LogP contribution in [0.15, 0.2) is 97.5 Å². The fraction of sp³-hybridized carbons (Fsp3) is 0.359. The summed E-state index contributed by atoms with van der Waals surface area (Å²) >= 11 is 0. The van der Waals surface area contributed by atoms with Crippen molar-refractivity contribution in [3.63, 3.8) is 0 Å². The van der Waals surface area contributed by atoms with Crippen LogP contribution in [0.4, 0.5) is 13.2 Å². The highest BCUT2D eigenvalue weighted by Gasteiger charge is 2.34. The van der Waals surface area contributed by atoms with Gasteiger partial charge in [0.05, 0.1) is 11.9 Å². The van der Waals surface area contributed by atoms with Crippen LogP contribution >= 0.6 is 0 Å². The summed E-state index contributed by atoms with van der Waals surface area (Å²) in [6, 6.07) is 22.2. The highest BCUT2D eigenvalue weighted by atomic mass is 19.4. The molecule has 3 aromatic carbocycles. The summed E-state index contributed by atoms with van der Waals surface area (Å²) in [4.78, 5) is 41.4. The van der Waals surface area contributed by atoms with Crippen LogP contribution in [0.5, 0.6) is 0 Å². The third kappa shape index (κ3) is 10.4. The van der Waals surface area contributed by atoms with Crippen LogP contribution in [0.2, 0.25) is 0 Å². The molecule has 4 aromatic rings. The van der Waals surface area contributed by atoms with Gasteiger partial charge < -0.3 is 14.8 Å². The quantitative estimate of drug-likeness (QED) is 0.114. The zero-order valence-electron chi connectivity index (χ0n) is 27.9. The number of carbonyl (C=O) groups is 2. The van der Waals surface area contributed by atoms with E-state index in [4.69, 9.17) is 0 Å². The Morgan fingerprint density at radius 3 is 2.22 bits per heavy atom. The number of carbonyl (C=O) groups excluding carboxylic acids is 2. The summed E-state index contributed by atoms with van der Waals surface area (Å²) in [5.74, 6) is -0.561. The molecule has 1 aliphatic rings. The lowest BCUT2D eigenvalue weighted by atomic mass is 10.0. The van der Waals surface area contributed by atoms with Crippen LogP contribution in [0, 0.1) is 0 Å². The second kappa shape index (κ2) is 17.1. The minimum absolute atomic E-state index is 0.151. The molecule has 2 amide bonds. The number of imidazole rings is 1. The van der Waals surface area contributed by atoms with E-state index in [1.807, 2.05) is 35.2 Å². The molecule has 1 fully saturated rings. The van der Waals surface area contributed by atoms with E-state index in [9.17, 15) is 22.8 Å². The fourth-order valence-corrected chi connectivity index (χ4v) is 6.09. The Labute approximate surface area is 286 Å². The van der Waals surface area contributed by atoms with Gasteiger partial charge in [0.25, 0.3) is 0 Å². The Morgan fingerprint density at radius 1 is 0.898 bits per heavy atom. The van der Waals surface area contributed by atoms with Gasteiger partial charge in [0.15, 0.2) is 0 Å². The van der Waals surface area contributed by atoms with Crippen molar-refractivity contribution in [1.29, 1.82) is 0 Å². The number of halogens is 3. The van der Waals surface area contributed by atoms with E-state index in [-0.39, 0.29) is 18.9 Å². The first-order chi connectivity index (χ1) is 23.7. The van der Waals surface area contributed by atoms with Crippen LogP contribution in [-0.2, 0) is 41.7 Å². The molecular formula is C39H44F3N5O2. The van der Waals surface area contributed by atoms with Gasteiger partial charge in [-0.3, -0.25) is 14.5 Å². The molecule has 49 heavy (non-hydrogen) atoms. The van der Waals surface area contributed by atoms with Gasteiger partial charge in [-0.1, -0.05) is 86.5 Å². The van der Waals surface area contributed by atoms with E-state index < -0.39 is 23.7 Å². The molecule has 1 N–H and O–H groups in total. The third-order valence-electron chi connectivity index (χ3n) is 8.95. The maximum atomic E-state index is 14.4. The molecule has 1 aromatic heterocycles. The molecule has 0 saturated carbocycles. The predicted octanol–water partition coefficient (Wildman–Crippen LogP) is 7.16. The van der Waals surface area contributed by atoms with Crippen molar-refractivity contribution in [3.05, 3.63) is 131 Å². The minimum atomic E-state index is -4.45. The monoisotopic (exact) mass is 671 g/mol. The van der Waals surface area contributed by atoms with Crippen LogP contribution in [0.25, 0.3) is 6.08 Å². The van der Waals surface area contributed by atoms with Gasteiger partial charge in [-0.2, -0.15) is 13.2 Å². The average Bonchev–Trinajstić information content (AvgIpc) is 3.63. The zero-order chi connectivity index (χ0) is 34.6. The van der Waals surface area contributed by atoms with Crippen LogP contribution in [0.1, 0.15) is 59.7 Å². The maximum Gasteiger partial charge on any atom is 0.416 e. The largest absolute Gasteiger partial charge is 0.416 e. The molecule has 0 radical (unpaired) electrons. The van der Waals surface area contributed by atoms with Crippen molar-refractivity contribution < 1.29 is 22.8 Å². The average molecular weight is 672 g/mol. The van der Waals surface area contributed by atoms with Crippen molar-refractivity contribution in [2.24, 2.45) is 0 Å². The van der Waals surface area contributed by atoms with E-state index in [1.165, 1.54) is 35.4 Å². The number of aromatic amines is 1. The minimum Gasteiger partial charge on any atom is -0.348 e. The normalized spacial score (nSPS) is 14.7. The molecule has 1 saturated heterocycles. The van der Waals surface area contributed by atoms with Crippen molar-refractivity contribution in [2.75, 3.05) is 26.2 Å². The lowest BCUT2D eigenvalue weighted by Gasteiger charge is -2.39. The molecular weight excluding hydrogens is 627 g/mol. The number of nitrogens with zero attached hydrogens (tertiary/aromatic N) is 4. The molecule has 5 rings (SSSR count). The zero-order valence-corrected chi connectivity index (χ0v) is 27.9. The molecule has 1 aliphatic heterocycles. The smallest absolute Gasteiger partial charge is 0.348 e. The fourth-order valence-electron chi connectivity index (χ4n) is 6.09. The number of alkyl halides is 3. The van der Waals surface area contributed by atoms with Crippen molar-refractivity contribution in [3.8, 4) is 0 Å². The van der Waals surface area contributed by atoms with E-state index in [0.29, 0.717) is 31.7 Å². The number of unbranched alkanes of at least 4 members (excludes halogenated alkanes) is 2. The number of hydrogen-bond donors (Lipinski definition) is 1. The SMILES string of the molecule is CCCCCc1ccc(CN(C(=O)C=Cc2ccc(C(F)(F)F)cc2)[C@@H](Cc2cnc[nH]2)C(=O)N2CCN(Cc3ccccc3)CC2)cc1. The standard InChI is InChI=1S/C39H44F3N5O2/c1-2-3-5-8-30-11-13-33(14-12-30)28-47(37(48)20-17-31-15-18-34(19-16-31)39(40,41)42)36(25-35-26-43-29-44-35)38(49)46-23-21-45(22-24-46)27-32-9-6-4-7-10-32/h4,6-7,9-20,26,29,36H,2-3,5,8,21-25,27-28H2,1H3,(H,43,44)/t36-/m0/s1. The van der Waals surface area contributed by atoms with Crippen molar-refractivity contribution in [2.45, 2.75) is 64.3 Å². The van der Waals surface area contributed by atoms with E-state index in [2.05, 4.69) is 46.1 Å². The topological polar surface area (TPSA) is 72.5 Å². The Kier molecular flexibility index (Phi) is 12.4. The van der Waals surface area contributed by atoms with E-state index in [0.717, 1.165) is 55.6 Å². The second-order valence-electron chi connectivity index (χ2n) is 12.6. The number of H-pyrrole nitrogens is 1. The second-order valence-corrected chi connectivity index (χ2v) is 12.6. The number of piperazine rings is 1. The number of aryl methyl sites for hydroxylation is 1. The molecule has 1 atom stereocenters. The molecule has 2 heterocycles. The van der Waals surface area contributed by atoms with Crippen LogP contribution < -0.4 is 0 Å². The van der Waals surface area contributed by atoms with Crippen LogP contribution in [0.3, 0.4) is 0 Å². The lowest BCUT2D eigenvalue weighted by molar-refractivity contribution is -0.145. The van der Waals surface area contributed by atoms with E-state index >= 15 is 0 Å². The number of rotatable bonds is 14. The molecule has 7 nitrogen and oxygen atoms in total. The van der Waals surface area contributed by atoms with Gasteiger partial charge >= 0.3 is 6.18 Å². The first kappa shape index (κ1) is 35.6. The molecule has 0 aliphatic carbocycles. The van der Waals surface area contributed by atoms with Gasteiger partial charge in [0.2, 0.25) is 11.8 Å². The molecule has 0 unspecified atom stereocenters. The van der Waals surface area contributed by atoms with Crippen molar-refractivity contribution in [1.82, 2.24) is 24.7 Å². The van der Waals surface area contributed by atoms with Gasteiger partial charge in [-0.25, -0.2) is 4.98 Å². The Morgan fingerprint density at radius 2 is 1.59 bits per heavy atom. The summed E-state index contributed by atoms with van der Waals surface area (Å²) in [7, 11) is 0. The Hall–Kier alpha value is -4.70. The number of aromatic nitrogens is 2. The van der Waals surface area contributed by atoms with Gasteiger partial charge in [-0.05, 0) is 53.3 Å². The van der Waals surface area contributed by atoms with Gasteiger partial charge in [0, 0.05) is 63.7 Å². The number of amides is 2. The molecule has 0 spiro atoms. The summed E-state index contributed by atoms with van der Waals surface area (Å²) in [5, 5.41) is 0. The summed E-state index contributed by atoms with van der Waals surface area (Å²) < 4.78 is 39.4. The number of benzene rings is 3. The summed E-state index contributed by atoms with van der Waals surface area (Å²) in [6.45, 7) is 5.63. The van der Waals surface area contributed by atoms with Gasteiger partial charge in [-0.15, -0.1) is 0 Å². The third-order valence-corrected chi connectivity index (χ3v) is 8.95. The predicted molar refractivity (Wildman–Crippen MR) is 185 cm³/mol. The summed E-state index contributed by atoms with van der Waals surface area (Å²) in [6.07, 6.45) is 6.20. The summed E-state index contributed by atoms with van der Waals surface area (Å²) in [5.41, 5.74) is 3.72. The molecule has 0 bridgehead atoms. The van der Waals surface area contributed by atoms with Crippen LogP contribution in [-0.4, -0.2) is 68.7 Å². The Bertz CT molecular complexity index is 1630. The first-order valence-electron chi connectivity index (χ1n) is 17.0. The number of hydrogen-bond acceptors (Lipinski definition) is 4. The highest BCUT2D eigenvalue weighted by Crippen LogP contribution is 2.29. The molecule has 258 valence electrons. The van der Waals surface area contributed by atoms with Crippen molar-refractivity contribution >= 4 is 17.9 Å². The first-order valence-corrected chi connectivity index (χ1v) is 17.0. The molecule has 10 heteroatoms.